The first-order chi connectivity index (χ1) is 8.79. The Morgan fingerprint density at radius 3 is 2.83 bits per heavy atom. The second-order valence-electron chi connectivity index (χ2n) is 6.12. The van der Waals surface area contributed by atoms with E-state index in [-0.39, 0.29) is 5.91 Å². The van der Waals surface area contributed by atoms with Gasteiger partial charge in [-0.15, -0.1) is 0 Å². The van der Waals surface area contributed by atoms with Gasteiger partial charge in [-0.25, -0.2) is 0 Å². The Balaban J connectivity index is 1.64. The minimum absolute atomic E-state index is 0.194. The molecule has 5 heterocycles. The van der Waals surface area contributed by atoms with Gasteiger partial charge in [-0.05, 0) is 36.8 Å². The van der Waals surface area contributed by atoms with Crippen LogP contribution in [0.25, 0.3) is 0 Å². The number of hydrogen-bond acceptors (Lipinski definition) is 2. The van der Waals surface area contributed by atoms with Gasteiger partial charge in [-0.2, -0.15) is 0 Å². The summed E-state index contributed by atoms with van der Waals surface area (Å²) in [5, 5.41) is 0. The van der Waals surface area contributed by atoms with Crippen LogP contribution in [0, 0.1) is 11.8 Å². The number of fused-ring (bicyclic) bond motifs is 1. The number of amides is 1. The van der Waals surface area contributed by atoms with E-state index in [4.69, 9.17) is 0 Å². The van der Waals surface area contributed by atoms with Crippen LogP contribution in [-0.2, 0) is 0 Å². The number of nitrogens with one attached hydrogen (secondary N) is 1. The molecule has 1 amide bonds. The second kappa shape index (κ2) is 3.85. The third kappa shape index (κ3) is 1.59. The van der Waals surface area contributed by atoms with Crippen LogP contribution in [0.3, 0.4) is 0 Å². The largest absolute Gasteiger partial charge is 0.357 e. The maximum absolute atomic E-state index is 12.6. The molecule has 4 fully saturated rings. The molecule has 4 unspecified atom stereocenters. The quantitative estimate of drug-likeness (QED) is 0.807. The molecule has 0 saturated carbocycles. The lowest BCUT2D eigenvalue weighted by Gasteiger charge is -2.41. The van der Waals surface area contributed by atoms with E-state index in [2.05, 4.69) is 14.8 Å². The fourth-order valence-electron chi connectivity index (χ4n) is 4.15. The van der Waals surface area contributed by atoms with E-state index in [1.165, 1.54) is 25.9 Å². The van der Waals surface area contributed by atoms with E-state index in [9.17, 15) is 4.79 Å². The normalized spacial score (nSPS) is 37.9. The number of carbonyl (C=O) groups excluding carboxylic acids is 1. The summed E-state index contributed by atoms with van der Waals surface area (Å²) in [7, 11) is 0. The Hall–Kier alpha value is -1.29. The van der Waals surface area contributed by atoms with Gasteiger partial charge < -0.3 is 14.8 Å². The first-order valence-corrected chi connectivity index (χ1v) is 6.96. The lowest BCUT2D eigenvalue weighted by Crippen LogP contribution is -2.50. The molecule has 4 atom stereocenters. The van der Waals surface area contributed by atoms with Crippen molar-refractivity contribution in [2.45, 2.75) is 18.9 Å². The number of carbonyl (C=O) groups is 1. The van der Waals surface area contributed by atoms with Crippen LogP contribution in [0.5, 0.6) is 0 Å². The highest BCUT2D eigenvalue weighted by atomic mass is 16.2. The number of aromatic amines is 1. The van der Waals surface area contributed by atoms with Gasteiger partial charge in [0.1, 0.15) is 5.69 Å². The Morgan fingerprint density at radius 1 is 1.17 bits per heavy atom. The van der Waals surface area contributed by atoms with Crippen molar-refractivity contribution in [3.05, 3.63) is 24.0 Å². The van der Waals surface area contributed by atoms with Crippen LogP contribution in [0.4, 0.5) is 0 Å². The molecular weight excluding hydrogens is 226 g/mol. The van der Waals surface area contributed by atoms with Crippen molar-refractivity contribution in [1.29, 1.82) is 0 Å². The van der Waals surface area contributed by atoms with Crippen molar-refractivity contribution in [3.8, 4) is 0 Å². The van der Waals surface area contributed by atoms with Gasteiger partial charge in [0, 0.05) is 38.4 Å². The van der Waals surface area contributed by atoms with E-state index in [1.54, 1.807) is 0 Å². The van der Waals surface area contributed by atoms with Crippen molar-refractivity contribution in [2.24, 2.45) is 11.8 Å². The molecule has 4 bridgehead atoms. The Bertz CT molecular complexity index is 442. The zero-order valence-electron chi connectivity index (χ0n) is 10.5. The standard InChI is InChI=1S/C14H19N3O/c18-14(13-2-1-3-15-13)17-8-11-4-10-5-12(17)9-16(6-10)7-11/h1-3,10-12,15H,4-9H2. The average Bonchev–Trinajstić information content (AvgIpc) is 2.80. The highest BCUT2D eigenvalue weighted by Gasteiger charge is 2.43. The summed E-state index contributed by atoms with van der Waals surface area (Å²) in [5.41, 5.74) is 0.742. The van der Waals surface area contributed by atoms with E-state index in [1.807, 2.05) is 18.3 Å². The van der Waals surface area contributed by atoms with Gasteiger partial charge in [-0.1, -0.05) is 0 Å². The number of hydrogen-bond donors (Lipinski definition) is 1. The van der Waals surface area contributed by atoms with Crippen molar-refractivity contribution in [2.75, 3.05) is 26.2 Å². The summed E-state index contributed by atoms with van der Waals surface area (Å²) in [4.78, 5) is 20.3. The highest BCUT2D eigenvalue weighted by Crippen LogP contribution is 2.36. The third-order valence-corrected chi connectivity index (χ3v) is 4.76. The molecule has 1 aromatic heterocycles. The summed E-state index contributed by atoms with van der Waals surface area (Å²) >= 11 is 0. The van der Waals surface area contributed by atoms with Crippen LogP contribution >= 0.6 is 0 Å². The smallest absolute Gasteiger partial charge is 0.270 e. The van der Waals surface area contributed by atoms with E-state index >= 15 is 0 Å². The molecule has 0 aliphatic carbocycles. The summed E-state index contributed by atoms with van der Waals surface area (Å²) in [6, 6.07) is 4.23. The van der Waals surface area contributed by atoms with Crippen LogP contribution in [0.15, 0.2) is 18.3 Å². The molecule has 4 aliphatic rings. The highest BCUT2D eigenvalue weighted by molar-refractivity contribution is 5.92. The van der Waals surface area contributed by atoms with Crippen LogP contribution in [0.2, 0.25) is 0 Å². The maximum Gasteiger partial charge on any atom is 0.270 e. The maximum atomic E-state index is 12.6. The molecule has 0 radical (unpaired) electrons. The van der Waals surface area contributed by atoms with Gasteiger partial charge in [-0.3, -0.25) is 4.79 Å². The summed E-state index contributed by atoms with van der Waals surface area (Å²) in [6.45, 7) is 4.49. The fraction of sp³-hybridized carbons (Fsp3) is 0.643. The van der Waals surface area contributed by atoms with Crippen LogP contribution in [0.1, 0.15) is 23.3 Å². The average molecular weight is 245 g/mol. The van der Waals surface area contributed by atoms with Crippen molar-refractivity contribution < 1.29 is 4.79 Å². The van der Waals surface area contributed by atoms with Gasteiger partial charge in [0.2, 0.25) is 0 Å². The summed E-state index contributed by atoms with van der Waals surface area (Å²) in [5.74, 6) is 1.71. The van der Waals surface area contributed by atoms with E-state index in [0.29, 0.717) is 12.0 Å². The zero-order chi connectivity index (χ0) is 12.1. The molecule has 1 aromatic rings. The predicted octanol–water partition coefficient (Wildman–Crippen LogP) is 1.18. The fourth-order valence-corrected chi connectivity index (χ4v) is 4.15. The lowest BCUT2D eigenvalue weighted by molar-refractivity contribution is 0.0569. The second-order valence-corrected chi connectivity index (χ2v) is 6.12. The number of aromatic nitrogens is 1. The SMILES string of the molecule is O=C(c1ccc[nH]1)N1CC2CC3CC1CN(C3)C2. The van der Waals surface area contributed by atoms with Crippen molar-refractivity contribution in [3.63, 3.8) is 0 Å². The van der Waals surface area contributed by atoms with Crippen LogP contribution < -0.4 is 0 Å². The predicted molar refractivity (Wildman–Crippen MR) is 68.3 cm³/mol. The summed E-state index contributed by atoms with van der Waals surface area (Å²) in [6.07, 6.45) is 4.36. The van der Waals surface area contributed by atoms with Crippen molar-refractivity contribution >= 4 is 5.91 Å². The Morgan fingerprint density at radius 2 is 2.06 bits per heavy atom. The molecule has 96 valence electrons. The van der Waals surface area contributed by atoms with E-state index < -0.39 is 0 Å². The minimum Gasteiger partial charge on any atom is -0.357 e. The molecule has 5 rings (SSSR count). The molecule has 4 nitrogen and oxygen atoms in total. The monoisotopic (exact) mass is 245 g/mol. The van der Waals surface area contributed by atoms with E-state index in [0.717, 1.165) is 24.7 Å². The minimum atomic E-state index is 0.194. The number of nitrogens with zero attached hydrogens (tertiary/aromatic N) is 2. The Labute approximate surface area is 107 Å². The van der Waals surface area contributed by atoms with Crippen molar-refractivity contribution in [1.82, 2.24) is 14.8 Å². The molecule has 4 saturated heterocycles. The zero-order valence-corrected chi connectivity index (χ0v) is 10.5. The number of H-pyrrole nitrogens is 1. The molecule has 18 heavy (non-hydrogen) atoms. The molecular formula is C14H19N3O. The molecule has 0 spiro atoms. The lowest BCUT2D eigenvalue weighted by atomic mass is 9.84. The van der Waals surface area contributed by atoms with Gasteiger partial charge in [0.15, 0.2) is 0 Å². The van der Waals surface area contributed by atoms with Gasteiger partial charge in [0.25, 0.3) is 5.91 Å². The molecule has 1 N–H and O–H groups in total. The topological polar surface area (TPSA) is 39.3 Å². The van der Waals surface area contributed by atoms with Crippen LogP contribution in [-0.4, -0.2) is 52.9 Å². The first kappa shape index (κ1) is 10.6. The third-order valence-electron chi connectivity index (χ3n) is 4.76. The Kier molecular flexibility index (Phi) is 2.27. The molecule has 4 heteroatoms. The molecule has 4 aliphatic heterocycles. The first-order valence-electron chi connectivity index (χ1n) is 6.96. The molecule has 0 aromatic carbocycles. The number of piperidine rings is 2. The number of rotatable bonds is 1. The van der Waals surface area contributed by atoms with Gasteiger partial charge in [0.05, 0.1) is 0 Å². The summed E-state index contributed by atoms with van der Waals surface area (Å²) < 4.78 is 0. The van der Waals surface area contributed by atoms with Gasteiger partial charge >= 0.3 is 0 Å².